The van der Waals surface area contributed by atoms with Crippen molar-refractivity contribution in [1.29, 1.82) is 0 Å². The van der Waals surface area contributed by atoms with E-state index in [0.29, 0.717) is 0 Å². The molecule has 1 aliphatic rings. The first-order chi connectivity index (χ1) is 5.29. The van der Waals surface area contributed by atoms with E-state index < -0.39 is 0 Å². The van der Waals surface area contributed by atoms with E-state index in [0.717, 1.165) is 12.0 Å². The van der Waals surface area contributed by atoms with Crippen LogP contribution in [0, 0.1) is 5.92 Å². The molecule has 0 amide bonds. The van der Waals surface area contributed by atoms with Crippen molar-refractivity contribution in [2.45, 2.75) is 46.1 Å². The van der Waals surface area contributed by atoms with Gasteiger partial charge in [0.05, 0.1) is 0 Å². The molecule has 0 aromatic rings. The highest BCUT2D eigenvalue weighted by Gasteiger charge is 2.25. The van der Waals surface area contributed by atoms with Crippen LogP contribution in [0.2, 0.25) is 0 Å². The fourth-order valence-corrected chi connectivity index (χ4v) is 2.39. The maximum Gasteiger partial charge on any atom is 0.0118 e. The van der Waals surface area contributed by atoms with E-state index in [1.165, 1.54) is 32.4 Å². The molecule has 0 aliphatic carbocycles. The Morgan fingerprint density at radius 2 is 2.09 bits per heavy atom. The molecule has 0 N–H and O–H groups in total. The maximum atomic E-state index is 2.63. The molecule has 2 atom stereocenters. The van der Waals surface area contributed by atoms with E-state index in [-0.39, 0.29) is 0 Å². The van der Waals surface area contributed by atoms with Crippen LogP contribution >= 0.6 is 0 Å². The first-order valence-corrected chi connectivity index (χ1v) is 5.03. The minimum Gasteiger partial charge on any atom is -0.300 e. The summed E-state index contributed by atoms with van der Waals surface area (Å²) in [7, 11) is 0. The predicted octanol–water partition coefficient (Wildman–Crippen LogP) is 2.52. The Morgan fingerprint density at radius 1 is 1.36 bits per heavy atom. The molecule has 1 nitrogen and oxygen atoms in total. The highest BCUT2D eigenvalue weighted by molar-refractivity contribution is 4.79. The minimum absolute atomic E-state index is 0.869. The van der Waals surface area contributed by atoms with Crippen molar-refractivity contribution in [2.24, 2.45) is 5.92 Å². The Morgan fingerprint density at radius 3 is 2.55 bits per heavy atom. The topological polar surface area (TPSA) is 3.24 Å². The van der Waals surface area contributed by atoms with Crippen molar-refractivity contribution in [2.75, 3.05) is 13.1 Å². The van der Waals surface area contributed by atoms with Crippen LogP contribution in [0.5, 0.6) is 0 Å². The van der Waals surface area contributed by atoms with Gasteiger partial charge < -0.3 is 4.90 Å². The lowest BCUT2D eigenvalue weighted by Crippen LogP contribution is -2.43. The molecule has 1 fully saturated rings. The SMILES string of the molecule is CC[C@@H]1[C@H](C)CCCN1CC. The van der Waals surface area contributed by atoms with Gasteiger partial charge in [0.2, 0.25) is 0 Å². The van der Waals surface area contributed by atoms with Crippen LogP contribution in [-0.2, 0) is 0 Å². The van der Waals surface area contributed by atoms with Crippen molar-refractivity contribution in [1.82, 2.24) is 4.90 Å². The van der Waals surface area contributed by atoms with Gasteiger partial charge in [-0.1, -0.05) is 20.8 Å². The zero-order valence-corrected chi connectivity index (χ0v) is 8.14. The summed E-state index contributed by atoms with van der Waals surface area (Å²) in [5, 5.41) is 0. The molecule has 1 aliphatic heterocycles. The molecule has 11 heavy (non-hydrogen) atoms. The molecule has 0 aromatic carbocycles. The van der Waals surface area contributed by atoms with Gasteiger partial charge in [-0.3, -0.25) is 0 Å². The van der Waals surface area contributed by atoms with Gasteiger partial charge in [0, 0.05) is 6.04 Å². The number of hydrogen-bond donors (Lipinski definition) is 0. The lowest BCUT2D eigenvalue weighted by Gasteiger charge is -2.38. The van der Waals surface area contributed by atoms with Crippen molar-refractivity contribution in [3.05, 3.63) is 0 Å². The van der Waals surface area contributed by atoms with Gasteiger partial charge >= 0.3 is 0 Å². The average molecular weight is 155 g/mol. The van der Waals surface area contributed by atoms with Crippen LogP contribution in [0.1, 0.15) is 40.0 Å². The third-order valence-corrected chi connectivity index (χ3v) is 3.06. The van der Waals surface area contributed by atoms with E-state index in [1.54, 1.807) is 0 Å². The van der Waals surface area contributed by atoms with Gasteiger partial charge in [0.25, 0.3) is 0 Å². The molecule has 0 bridgehead atoms. The van der Waals surface area contributed by atoms with Crippen molar-refractivity contribution >= 4 is 0 Å². The van der Waals surface area contributed by atoms with E-state index in [4.69, 9.17) is 0 Å². The number of hydrogen-bond acceptors (Lipinski definition) is 1. The van der Waals surface area contributed by atoms with Crippen LogP contribution in [0.3, 0.4) is 0 Å². The van der Waals surface area contributed by atoms with Crippen LogP contribution < -0.4 is 0 Å². The summed E-state index contributed by atoms with van der Waals surface area (Å²) >= 11 is 0. The lowest BCUT2D eigenvalue weighted by atomic mass is 9.89. The summed E-state index contributed by atoms with van der Waals surface area (Å²) in [5.74, 6) is 0.925. The van der Waals surface area contributed by atoms with Crippen LogP contribution in [0.25, 0.3) is 0 Å². The lowest BCUT2D eigenvalue weighted by molar-refractivity contribution is 0.104. The molecule has 1 rings (SSSR count). The van der Waals surface area contributed by atoms with E-state index in [2.05, 4.69) is 25.7 Å². The van der Waals surface area contributed by atoms with Gasteiger partial charge in [0.1, 0.15) is 0 Å². The first-order valence-electron chi connectivity index (χ1n) is 5.03. The van der Waals surface area contributed by atoms with Gasteiger partial charge in [-0.2, -0.15) is 0 Å². The second-order valence-electron chi connectivity index (χ2n) is 3.72. The molecule has 0 radical (unpaired) electrons. The third kappa shape index (κ3) is 1.96. The molecule has 1 heterocycles. The van der Waals surface area contributed by atoms with Crippen molar-refractivity contribution in [3.63, 3.8) is 0 Å². The normalized spacial score (nSPS) is 34.1. The fourth-order valence-electron chi connectivity index (χ4n) is 2.39. The first kappa shape index (κ1) is 9.05. The summed E-state index contributed by atoms with van der Waals surface area (Å²) in [6.45, 7) is 9.56. The molecule has 0 unspecified atom stereocenters. The summed E-state index contributed by atoms with van der Waals surface area (Å²) < 4.78 is 0. The van der Waals surface area contributed by atoms with Crippen LogP contribution in [-0.4, -0.2) is 24.0 Å². The predicted molar refractivity (Wildman–Crippen MR) is 49.7 cm³/mol. The largest absolute Gasteiger partial charge is 0.300 e. The molecule has 1 saturated heterocycles. The van der Waals surface area contributed by atoms with Crippen molar-refractivity contribution < 1.29 is 0 Å². The Labute approximate surface area is 70.8 Å². The number of nitrogens with zero attached hydrogens (tertiary/aromatic N) is 1. The number of rotatable bonds is 2. The zero-order chi connectivity index (χ0) is 8.27. The van der Waals surface area contributed by atoms with E-state index >= 15 is 0 Å². The average Bonchev–Trinajstić information content (AvgIpc) is 2.04. The molecule has 0 saturated carbocycles. The van der Waals surface area contributed by atoms with Gasteiger partial charge in [-0.05, 0) is 38.3 Å². The Hall–Kier alpha value is -0.0400. The van der Waals surface area contributed by atoms with Crippen LogP contribution in [0.4, 0.5) is 0 Å². The molecular weight excluding hydrogens is 134 g/mol. The highest BCUT2D eigenvalue weighted by Crippen LogP contribution is 2.24. The highest BCUT2D eigenvalue weighted by atomic mass is 15.2. The summed E-state index contributed by atoms with van der Waals surface area (Å²) in [4.78, 5) is 2.63. The zero-order valence-electron chi connectivity index (χ0n) is 8.14. The van der Waals surface area contributed by atoms with Crippen LogP contribution in [0.15, 0.2) is 0 Å². The van der Waals surface area contributed by atoms with E-state index in [1.807, 2.05) is 0 Å². The molecular formula is C10H21N. The molecule has 1 heteroatoms. The monoisotopic (exact) mass is 155 g/mol. The molecule has 66 valence electrons. The fraction of sp³-hybridized carbons (Fsp3) is 1.00. The van der Waals surface area contributed by atoms with Crippen molar-refractivity contribution in [3.8, 4) is 0 Å². The van der Waals surface area contributed by atoms with Gasteiger partial charge in [-0.15, -0.1) is 0 Å². The Balaban J connectivity index is 2.48. The quantitative estimate of drug-likeness (QED) is 0.592. The maximum absolute atomic E-state index is 2.63. The summed E-state index contributed by atoms with van der Waals surface area (Å²) in [6, 6.07) is 0.869. The van der Waals surface area contributed by atoms with Gasteiger partial charge in [0.15, 0.2) is 0 Å². The molecule has 0 aromatic heterocycles. The standard InChI is InChI=1S/C10H21N/c1-4-10-9(3)7-6-8-11(10)5-2/h9-10H,4-8H2,1-3H3/t9-,10-/m1/s1. The Kier molecular flexibility index (Phi) is 3.38. The second-order valence-corrected chi connectivity index (χ2v) is 3.72. The van der Waals surface area contributed by atoms with Gasteiger partial charge in [-0.25, -0.2) is 0 Å². The minimum atomic E-state index is 0.869. The number of piperidine rings is 1. The number of likely N-dealkylation sites (tertiary alicyclic amines) is 1. The molecule has 0 spiro atoms. The summed E-state index contributed by atoms with van der Waals surface area (Å²) in [6.07, 6.45) is 4.18. The second kappa shape index (κ2) is 4.10. The Bertz CT molecular complexity index is 111. The van der Waals surface area contributed by atoms with E-state index in [9.17, 15) is 0 Å². The summed E-state index contributed by atoms with van der Waals surface area (Å²) in [5.41, 5.74) is 0. The third-order valence-electron chi connectivity index (χ3n) is 3.06. The smallest absolute Gasteiger partial charge is 0.0118 e.